The standard InChI is InChI=1S/C13H9.C10H15.C6H10.Zr/c1-3-7-12-10(5-1)9-11-6-2-4-8-13(11)12;1-8-5-6-9(7-8)10(2,3)4;1-2-4-6-5-3-1;/h1-9H;6-8H,1-4H3;1-5H2;. The summed E-state index contributed by atoms with van der Waals surface area (Å²) in [5.74, 6) is 0.614. The third-order valence-corrected chi connectivity index (χ3v) is 16.4. The van der Waals surface area contributed by atoms with Gasteiger partial charge in [-0.25, -0.2) is 0 Å². The number of benzene rings is 2. The van der Waals surface area contributed by atoms with E-state index in [1.165, 1.54) is 43.2 Å². The van der Waals surface area contributed by atoms with E-state index >= 15 is 0 Å². The topological polar surface area (TPSA) is 0 Å². The number of allylic oxidation sites excluding steroid dienone is 4. The molecular weight excluding hydrogens is 440 g/mol. The molecule has 0 N–H and O–H groups in total. The van der Waals surface area contributed by atoms with Gasteiger partial charge in [0.25, 0.3) is 0 Å². The Morgan fingerprint density at radius 1 is 0.800 bits per heavy atom. The molecule has 1 atom stereocenters. The van der Waals surface area contributed by atoms with E-state index in [1.54, 1.807) is 16.7 Å². The number of rotatable bonds is 2. The van der Waals surface area contributed by atoms with Crippen molar-refractivity contribution in [3.05, 3.63) is 80.7 Å². The van der Waals surface area contributed by atoms with E-state index in [4.69, 9.17) is 0 Å². The summed E-state index contributed by atoms with van der Waals surface area (Å²) in [5.41, 5.74) is 8.07. The Morgan fingerprint density at radius 2 is 1.37 bits per heavy atom. The third kappa shape index (κ3) is 3.52. The molecule has 3 aliphatic carbocycles. The first-order valence-corrected chi connectivity index (χ1v) is 15.7. The summed E-state index contributed by atoms with van der Waals surface area (Å²) in [6.45, 7) is 9.60. The number of hydrogen-bond acceptors (Lipinski definition) is 0. The van der Waals surface area contributed by atoms with Crippen LogP contribution in [0.1, 0.15) is 74.6 Å². The SMILES string of the molecule is CC1C=C(C(C)(C)C)C=[C]1[Zr](=[C]1CCCCC1)[CH]1c2ccccc2-c2ccccc21. The first-order chi connectivity index (χ1) is 14.4. The van der Waals surface area contributed by atoms with Crippen molar-refractivity contribution in [3.63, 3.8) is 0 Å². The summed E-state index contributed by atoms with van der Waals surface area (Å²) in [4.78, 5) is 0. The fourth-order valence-electron chi connectivity index (χ4n) is 5.79. The van der Waals surface area contributed by atoms with E-state index in [1.807, 2.05) is 6.49 Å². The Morgan fingerprint density at radius 3 is 1.90 bits per heavy atom. The van der Waals surface area contributed by atoms with Gasteiger partial charge in [0, 0.05) is 0 Å². The maximum atomic E-state index is 2.67. The Labute approximate surface area is 190 Å². The maximum absolute atomic E-state index is 2.67. The minimum atomic E-state index is -2.11. The van der Waals surface area contributed by atoms with Crippen molar-refractivity contribution >= 4 is 3.21 Å². The quantitative estimate of drug-likeness (QED) is 0.414. The van der Waals surface area contributed by atoms with Crippen molar-refractivity contribution < 1.29 is 21.3 Å². The fraction of sp³-hybridized carbons (Fsp3) is 0.414. The normalized spacial score (nSPS) is 21.2. The summed E-state index contributed by atoms with van der Waals surface area (Å²) in [6, 6.07) is 18.6. The van der Waals surface area contributed by atoms with E-state index in [9.17, 15) is 0 Å². The first-order valence-electron chi connectivity index (χ1n) is 11.8. The molecule has 0 radical (unpaired) electrons. The van der Waals surface area contributed by atoms with Gasteiger partial charge in [0.15, 0.2) is 0 Å². The molecule has 0 nitrogen and oxygen atoms in total. The molecule has 1 fully saturated rings. The van der Waals surface area contributed by atoms with Crippen molar-refractivity contribution in [2.75, 3.05) is 0 Å². The second-order valence-electron chi connectivity index (χ2n) is 10.4. The Bertz CT molecular complexity index is 1020. The van der Waals surface area contributed by atoms with Crippen LogP contribution >= 0.6 is 0 Å². The number of hydrogen-bond donors (Lipinski definition) is 0. The van der Waals surface area contributed by atoms with Crippen LogP contribution in [-0.2, 0) is 21.3 Å². The van der Waals surface area contributed by atoms with Crippen molar-refractivity contribution in [1.29, 1.82) is 0 Å². The molecule has 0 aromatic heterocycles. The molecule has 3 aliphatic rings. The second-order valence-corrected chi connectivity index (χ2v) is 17.1. The average Bonchev–Trinajstić information content (AvgIpc) is 3.29. The number of fused-ring (bicyclic) bond motifs is 3. The summed E-state index contributed by atoms with van der Waals surface area (Å²) in [5, 5.41) is 0. The van der Waals surface area contributed by atoms with Gasteiger partial charge in [0.2, 0.25) is 0 Å². The van der Waals surface area contributed by atoms with Gasteiger partial charge >= 0.3 is 191 Å². The molecule has 5 rings (SSSR count). The molecule has 0 bridgehead atoms. The van der Waals surface area contributed by atoms with Gasteiger partial charge in [0.1, 0.15) is 0 Å². The van der Waals surface area contributed by atoms with Crippen molar-refractivity contribution in [2.45, 2.75) is 63.4 Å². The predicted octanol–water partition coefficient (Wildman–Crippen LogP) is 8.02. The van der Waals surface area contributed by atoms with Crippen molar-refractivity contribution in [2.24, 2.45) is 11.3 Å². The summed E-state index contributed by atoms with van der Waals surface area (Å²) in [6.07, 6.45) is 12.3. The van der Waals surface area contributed by atoms with Gasteiger partial charge in [-0.1, -0.05) is 0 Å². The van der Waals surface area contributed by atoms with Crippen LogP contribution < -0.4 is 0 Å². The van der Waals surface area contributed by atoms with Gasteiger partial charge in [-0.15, -0.1) is 0 Å². The molecule has 1 unspecified atom stereocenters. The van der Waals surface area contributed by atoms with Crippen LogP contribution in [0.15, 0.2) is 69.5 Å². The van der Waals surface area contributed by atoms with Crippen molar-refractivity contribution in [3.8, 4) is 11.1 Å². The Kier molecular flexibility index (Phi) is 5.47. The Balaban J connectivity index is 1.72. The average molecular weight is 474 g/mol. The monoisotopic (exact) mass is 472 g/mol. The van der Waals surface area contributed by atoms with Gasteiger partial charge in [-0.05, 0) is 0 Å². The van der Waals surface area contributed by atoms with Gasteiger partial charge in [0.05, 0.1) is 0 Å². The third-order valence-electron chi connectivity index (χ3n) is 7.37. The summed E-state index contributed by atoms with van der Waals surface area (Å²) < 4.78 is 4.52. The van der Waals surface area contributed by atoms with Crippen LogP contribution in [0, 0.1) is 11.3 Å². The predicted molar refractivity (Wildman–Crippen MR) is 127 cm³/mol. The summed E-state index contributed by atoms with van der Waals surface area (Å²) in [7, 11) is 0. The van der Waals surface area contributed by atoms with Gasteiger partial charge in [-0.2, -0.15) is 0 Å². The Hall–Kier alpha value is -1.33. The van der Waals surface area contributed by atoms with E-state index < -0.39 is 21.3 Å². The van der Waals surface area contributed by atoms with Crippen LogP contribution in [0.5, 0.6) is 0 Å². The van der Waals surface area contributed by atoms with Crippen LogP contribution in [0.4, 0.5) is 0 Å². The zero-order chi connectivity index (χ0) is 20.9. The van der Waals surface area contributed by atoms with Crippen molar-refractivity contribution in [1.82, 2.24) is 0 Å². The minimum absolute atomic E-state index is 0.243. The zero-order valence-corrected chi connectivity index (χ0v) is 21.4. The second kappa shape index (κ2) is 7.98. The summed E-state index contributed by atoms with van der Waals surface area (Å²) >= 11 is -2.11. The van der Waals surface area contributed by atoms with Crippen LogP contribution in [0.2, 0.25) is 0 Å². The van der Waals surface area contributed by atoms with E-state index in [-0.39, 0.29) is 5.41 Å². The molecule has 154 valence electrons. The van der Waals surface area contributed by atoms with Gasteiger partial charge in [-0.3, -0.25) is 0 Å². The molecule has 0 heterocycles. The van der Waals surface area contributed by atoms with Crippen LogP contribution in [0.25, 0.3) is 11.1 Å². The first kappa shape index (κ1) is 20.6. The molecular formula is C29H34Zr. The van der Waals surface area contributed by atoms with E-state index in [2.05, 4.69) is 88.4 Å². The fourth-order valence-corrected chi connectivity index (χ4v) is 15.7. The molecule has 1 saturated carbocycles. The van der Waals surface area contributed by atoms with E-state index in [0.29, 0.717) is 9.54 Å². The molecule has 1 heteroatoms. The molecule has 0 amide bonds. The van der Waals surface area contributed by atoms with E-state index in [0.717, 1.165) is 0 Å². The molecule has 0 aliphatic heterocycles. The molecule has 0 saturated heterocycles. The molecule has 0 spiro atoms. The zero-order valence-electron chi connectivity index (χ0n) is 19.0. The molecule has 2 aromatic carbocycles. The van der Waals surface area contributed by atoms with Crippen LogP contribution in [0.3, 0.4) is 0 Å². The van der Waals surface area contributed by atoms with Gasteiger partial charge < -0.3 is 0 Å². The molecule has 30 heavy (non-hydrogen) atoms. The van der Waals surface area contributed by atoms with Crippen LogP contribution in [-0.4, -0.2) is 3.21 Å². The molecule has 2 aromatic rings.